The smallest absolute Gasteiger partial charge is 0.419 e. The molecule has 0 saturated heterocycles. The number of nitrogens with zero attached hydrogens (tertiary/aromatic N) is 3. The number of hydrogen-bond donors (Lipinski definition) is 2. The molecule has 2 N–H and O–H groups in total. The quantitative estimate of drug-likeness (QED) is 0.876. The Morgan fingerprint density at radius 2 is 2.08 bits per heavy atom. The third kappa shape index (κ3) is 2.81. The molecule has 0 radical (unpaired) electrons. The first-order chi connectivity index (χ1) is 12.0. The summed E-state index contributed by atoms with van der Waals surface area (Å²) in [6.45, 7) is 1.45. The third-order valence-electron chi connectivity index (χ3n) is 4.04. The lowest BCUT2D eigenvalue weighted by molar-refractivity contribution is 0.155. The lowest BCUT2D eigenvalue weighted by Crippen LogP contribution is -2.48. The summed E-state index contributed by atoms with van der Waals surface area (Å²) in [5, 5.41) is 21.4. The third-order valence-corrected chi connectivity index (χ3v) is 4.04. The topological polar surface area (TPSA) is 106 Å². The Kier molecular flexibility index (Phi) is 4.18. The Balaban J connectivity index is 2.16. The maximum Gasteiger partial charge on any atom is 0.419 e. The number of rotatable bonds is 2. The number of pyridine rings is 1. The zero-order valence-corrected chi connectivity index (χ0v) is 13.3. The summed E-state index contributed by atoms with van der Waals surface area (Å²) >= 11 is 0. The fourth-order valence-electron chi connectivity index (χ4n) is 2.88. The normalized spacial score (nSPS) is 17.0. The van der Waals surface area contributed by atoms with Gasteiger partial charge in [-0.3, -0.25) is 4.98 Å². The van der Waals surface area contributed by atoms with Gasteiger partial charge in [-0.15, -0.1) is 0 Å². The number of urea groups is 1. The van der Waals surface area contributed by atoms with E-state index in [2.05, 4.69) is 10.3 Å². The van der Waals surface area contributed by atoms with Crippen LogP contribution in [0.1, 0.15) is 18.5 Å². The molecule has 1 aromatic heterocycles. The van der Waals surface area contributed by atoms with Gasteiger partial charge in [0.2, 0.25) is 0 Å². The van der Waals surface area contributed by atoms with E-state index in [1.807, 2.05) is 24.3 Å². The molecule has 1 unspecified atom stereocenters. The maximum absolute atomic E-state index is 12.2. The van der Waals surface area contributed by atoms with Gasteiger partial charge >= 0.3 is 12.1 Å². The first kappa shape index (κ1) is 16.2. The minimum Gasteiger partial charge on any atom is -0.464 e. The van der Waals surface area contributed by atoms with Gasteiger partial charge < -0.3 is 10.4 Å². The van der Waals surface area contributed by atoms with Crippen LogP contribution in [0.5, 0.6) is 0 Å². The van der Waals surface area contributed by atoms with E-state index >= 15 is 0 Å². The standard InChI is InChI=1S/C18H14N4O3/c1-11-15(9-19)16(21-17(23)22(11)18(24)25)14-7-3-2-6-13(14)12-5-4-8-20-10-12/h2-8,10,16H,1H3,(H,21,23)(H,24,25). The van der Waals surface area contributed by atoms with Gasteiger partial charge in [0.15, 0.2) is 0 Å². The van der Waals surface area contributed by atoms with E-state index in [4.69, 9.17) is 0 Å². The molecule has 0 saturated carbocycles. The van der Waals surface area contributed by atoms with Crippen LogP contribution in [-0.2, 0) is 0 Å². The molecule has 0 aliphatic carbocycles. The van der Waals surface area contributed by atoms with E-state index in [0.29, 0.717) is 10.5 Å². The number of aromatic nitrogens is 1. The lowest BCUT2D eigenvalue weighted by atomic mass is 9.90. The molecule has 0 fully saturated rings. The molecule has 7 nitrogen and oxygen atoms in total. The number of allylic oxidation sites excluding steroid dienone is 1. The van der Waals surface area contributed by atoms with Crippen LogP contribution >= 0.6 is 0 Å². The zero-order valence-electron chi connectivity index (χ0n) is 13.3. The number of nitrogens with one attached hydrogen (secondary N) is 1. The summed E-state index contributed by atoms with van der Waals surface area (Å²) in [5.74, 6) is 0. The Bertz CT molecular complexity index is 915. The minimum atomic E-state index is -1.43. The summed E-state index contributed by atoms with van der Waals surface area (Å²) in [7, 11) is 0. The van der Waals surface area contributed by atoms with E-state index in [-0.39, 0.29) is 11.3 Å². The number of carboxylic acid groups (broad SMARTS) is 1. The second-order valence-electron chi connectivity index (χ2n) is 5.44. The van der Waals surface area contributed by atoms with E-state index in [1.165, 1.54) is 6.92 Å². The highest BCUT2D eigenvalue weighted by atomic mass is 16.4. The van der Waals surface area contributed by atoms with E-state index in [0.717, 1.165) is 11.1 Å². The highest BCUT2D eigenvalue weighted by molar-refractivity contribution is 5.94. The second kappa shape index (κ2) is 6.45. The number of nitriles is 1. The number of benzene rings is 1. The van der Waals surface area contributed by atoms with Crippen molar-refractivity contribution in [2.45, 2.75) is 13.0 Å². The minimum absolute atomic E-state index is 0.102. The predicted molar refractivity (Wildman–Crippen MR) is 89.1 cm³/mol. The number of amides is 3. The summed E-state index contributed by atoms with van der Waals surface area (Å²) in [6.07, 6.45) is 1.92. The van der Waals surface area contributed by atoms with Crippen molar-refractivity contribution in [3.05, 3.63) is 65.6 Å². The number of imide groups is 1. The van der Waals surface area contributed by atoms with Crippen LogP contribution in [0.3, 0.4) is 0 Å². The molecule has 7 heteroatoms. The highest BCUT2D eigenvalue weighted by Crippen LogP contribution is 2.35. The molecule has 1 atom stereocenters. The number of hydrogen-bond acceptors (Lipinski definition) is 4. The Hall–Kier alpha value is -3.66. The average molecular weight is 334 g/mol. The van der Waals surface area contributed by atoms with Crippen molar-refractivity contribution in [1.29, 1.82) is 5.26 Å². The summed E-state index contributed by atoms with van der Waals surface area (Å²) in [6, 6.07) is 11.5. The average Bonchev–Trinajstić information content (AvgIpc) is 2.61. The van der Waals surface area contributed by atoms with Crippen molar-refractivity contribution >= 4 is 12.1 Å². The van der Waals surface area contributed by atoms with Crippen LogP contribution < -0.4 is 5.32 Å². The molecule has 2 aromatic rings. The molecule has 25 heavy (non-hydrogen) atoms. The molecule has 0 spiro atoms. The van der Waals surface area contributed by atoms with Crippen LogP contribution in [0, 0.1) is 11.3 Å². The predicted octanol–water partition coefficient (Wildman–Crippen LogP) is 3.29. The first-order valence-electron chi connectivity index (χ1n) is 7.48. The van der Waals surface area contributed by atoms with Gasteiger partial charge in [-0.25, -0.2) is 14.5 Å². The maximum atomic E-state index is 12.2. The van der Waals surface area contributed by atoms with Crippen molar-refractivity contribution in [3.8, 4) is 17.2 Å². The number of carbonyl (C=O) groups excluding carboxylic acids is 1. The second-order valence-corrected chi connectivity index (χ2v) is 5.44. The highest BCUT2D eigenvalue weighted by Gasteiger charge is 2.36. The van der Waals surface area contributed by atoms with E-state index < -0.39 is 18.2 Å². The SMILES string of the molecule is CC1=C(C#N)C(c2ccccc2-c2cccnc2)NC(=O)N1C(=O)O. The van der Waals surface area contributed by atoms with Gasteiger partial charge in [-0.1, -0.05) is 30.3 Å². The van der Waals surface area contributed by atoms with Gasteiger partial charge in [0.1, 0.15) is 0 Å². The Labute approximate surface area is 143 Å². The fourth-order valence-corrected chi connectivity index (χ4v) is 2.88. The van der Waals surface area contributed by atoms with Gasteiger partial charge in [-0.2, -0.15) is 5.26 Å². The number of carbonyl (C=O) groups is 2. The lowest BCUT2D eigenvalue weighted by Gasteiger charge is -2.31. The monoisotopic (exact) mass is 334 g/mol. The molecule has 2 heterocycles. The van der Waals surface area contributed by atoms with Crippen LogP contribution in [0.15, 0.2) is 60.1 Å². The van der Waals surface area contributed by atoms with Crippen LogP contribution in [-0.4, -0.2) is 27.1 Å². The van der Waals surface area contributed by atoms with E-state index in [1.54, 1.807) is 30.6 Å². The van der Waals surface area contributed by atoms with Crippen molar-refractivity contribution < 1.29 is 14.7 Å². The van der Waals surface area contributed by atoms with Crippen LogP contribution in [0.4, 0.5) is 9.59 Å². The zero-order chi connectivity index (χ0) is 18.0. The van der Waals surface area contributed by atoms with Gasteiger partial charge in [0.25, 0.3) is 0 Å². The van der Waals surface area contributed by atoms with Crippen molar-refractivity contribution in [2.75, 3.05) is 0 Å². The largest absolute Gasteiger partial charge is 0.464 e. The summed E-state index contributed by atoms with van der Waals surface area (Å²) in [5.41, 5.74) is 2.63. The molecule has 1 aromatic carbocycles. The first-order valence-corrected chi connectivity index (χ1v) is 7.48. The van der Waals surface area contributed by atoms with Crippen molar-refractivity contribution in [1.82, 2.24) is 15.2 Å². The Morgan fingerprint density at radius 3 is 2.72 bits per heavy atom. The molecule has 1 aliphatic heterocycles. The molecule has 1 aliphatic rings. The molecule has 124 valence electrons. The van der Waals surface area contributed by atoms with Gasteiger partial charge in [0, 0.05) is 23.7 Å². The molecular formula is C18H14N4O3. The van der Waals surface area contributed by atoms with Crippen molar-refractivity contribution in [3.63, 3.8) is 0 Å². The molecule has 3 amide bonds. The summed E-state index contributed by atoms with van der Waals surface area (Å²) < 4.78 is 0. The molecule has 0 bridgehead atoms. The van der Waals surface area contributed by atoms with E-state index in [9.17, 15) is 20.0 Å². The Morgan fingerprint density at radius 1 is 1.32 bits per heavy atom. The van der Waals surface area contributed by atoms with Crippen LogP contribution in [0.2, 0.25) is 0 Å². The van der Waals surface area contributed by atoms with Crippen molar-refractivity contribution in [2.24, 2.45) is 0 Å². The summed E-state index contributed by atoms with van der Waals surface area (Å²) in [4.78, 5) is 28.1. The van der Waals surface area contributed by atoms with Gasteiger partial charge in [0.05, 0.1) is 17.7 Å². The molecule has 3 rings (SSSR count). The molecular weight excluding hydrogens is 320 g/mol. The fraction of sp³-hybridized carbons (Fsp3) is 0.111. The van der Waals surface area contributed by atoms with Crippen LogP contribution in [0.25, 0.3) is 11.1 Å². The van der Waals surface area contributed by atoms with Gasteiger partial charge in [-0.05, 0) is 24.1 Å².